The zero-order valence-electron chi connectivity index (χ0n) is 12.5. The Kier molecular flexibility index (Phi) is 5.39. The molecule has 5 nitrogen and oxygen atoms in total. The zero-order chi connectivity index (χ0) is 16.3. The van der Waals surface area contributed by atoms with Crippen molar-refractivity contribution >= 4 is 27.9 Å². The summed E-state index contributed by atoms with van der Waals surface area (Å²) >= 11 is 3.15. The van der Waals surface area contributed by atoms with E-state index in [1.807, 2.05) is 0 Å². The Morgan fingerprint density at radius 3 is 2.50 bits per heavy atom. The predicted molar refractivity (Wildman–Crippen MR) is 83.1 cm³/mol. The number of carbonyl (C=O) groups is 2. The van der Waals surface area contributed by atoms with Crippen LogP contribution in [0.1, 0.15) is 12.8 Å². The zero-order valence-corrected chi connectivity index (χ0v) is 14.1. The Balaban J connectivity index is 1.91. The molecule has 2 rings (SSSR count). The van der Waals surface area contributed by atoms with Crippen LogP contribution in [0.5, 0.6) is 5.75 Å². The van der Waals surface area contributed by atoms with Crippen molar-refractivity contribution in [2.75, 3.05) is 27.2 Å². The molecule has 1 aliphatic heterocycles. The third kappa shape index (κ3) is 3.97. The molecule has 0 unspecified atom stereocenters. The van der Waals surface area contributed by atoms with Crippen LogP contribution in [0.2, 0.25) is 0 Å². The first-order valence-electron chi connectivity index (χ1n) is 7.01. The fraction of sp³-hybridized carbons (Fsp3) is 0.467. The van der Waals surface area contributed by atoms with Gasteiger partial charge in [0.2, 0.25) is 0 Å². The molecule has 0 spiro atoms. The van der Waals surface area contributed by atoms with E-state index < -0.39 is 11.8 Å². The number of rotatable bonds is 2. The van der Waals surface area contributed by atoms with Gasteiger partial charge in [0.05, 0.1) is 5.92 Å². The van der Waals surface area contributed by atoms with Crippen LogP contribution in [0, 0.1) is 11.7 Å². The van der Waals surface area contributed by atoms with Gasteiger partial charge in [0.25, 0.3) is 0 Å². The number of benzene rings is 1. The fourth-order valence-corrected chi connectivity index (χ4v) is 2.67. The van der Waals surface area contributed by atoms with E-state index >= 15 is 0 Å². The molecule has 0 aromatic heterocycles. The molecule has 1 heterocycles. The van der Waals surface area contributed by atoms with E-state index in [0.717, 1.165) is 0 Å². The average molecular weight is 373 g/mol. The summed E-state index contributed by atoms with van der Waals surface area (Å²) in [5, 5.41) is 0. The highest BCUT2D eigenvalue weighted by Crippen LogP contribution is 2.25. The third-order valence-electron chi connectivity index (χ3n) is 3.59. The van der Waals surface area contributed by atoms with Crippen LogP contribution >= 0.6 is 15.9 Å². The van der Waals surface area contributed by atoms with Crippen LogP contribution in [0.3, 0.4) is 0 Å². The number of nitrogens with zero attached hydrogens (tertiary/aromatic N) is 2. The van der Waals surface area contributed by atoms with Gasteiger partial charge in [-0.15, -0.1) is 0 Å². The lowest BCUT2D eigenvalue weighted by Gasteiger charge is -2.32. The lowest BCUT2D eigenvalue weighted by Crippen LogP contribution is -2.45. The molecule has 0 radical (unpaired) electrons. The van der Waals surface area contributed by atoms with E-state index in [1.165, 1.54) is 17.0 Å². The Morgan fingerprint density at radius 1 is 1.32 bits per heavy atom. The second kappa shape index (κ2) is 7.09. The first-order valence-corrected chi connectivity index (χ1v) is 7.80. The number of halogens is 2. The second-order valence-electron chi connectivity index (χ2n) is 5.43. The minimum atomic E-state index is -0.581. The van der Waals surface area contributed by atoms with Crippen molar-refractivity contribution in [2.24, 2.45) is 5.92 Å². The number of esters is 1. The van der Waals surface area contributed by atoms with Crippen LogP contribution in [-0.2, 0) is 4.79 Å². The first kappa shape index (κ1) is 16.7. The average Bonchev–Trinajstić information content (AvgIpc) is 2.49. The van der Waals surface area contributed by atoms with Crippen molar-refractivity contribution in [2.45, 2.75) is 12.8 Å². The van der Waals surface area contributed by atoms with E-state index in [0.29, 0.717) is 30.4 Å². The molecule has 7 heteroatoms. The third-order valence-corrected chi connectivity index (χ3v) is 4.08. The molecule has 0 saturated carbocycles. The summed E-state index contributed by atoms with van der Waals surface area (Å²) < 4.78 is 19.4. The number of hydrogen-bond acceptors (Lipinski definition) is 3. The topological polar surface area (TPSA) is 49.9 Å². The molecular formula is C15H18BrFN2O3. The number of hydrogen-bond donors (Lipinski definition) is 0. The molecule has 0 bridgehead atoms. The second-order valence-corrected chi connectivity index (χ2v) is 6.35. The Bertz CT molecular complexity index is 572. The molecule has 1 saturated heterocycles. The van der Waals surface area contributed by atoms with Crippen LogP contribution in [0.4, 0.5) is 9.18 Å². The van der Waals surface area contributed by atoms with Gasteiger partial charge < -0.3 is 14.5 Å². The van der Waals surface area contributed by atoms with Gasteiger partial charge in [-0.3, -0.25) is 4.79 Å². The molecular weight excluding hydrogens is 355 g/mol. The van der Waals surface area contributed by atoms with Gasteiger partial charge in [-0.25, -0.2) is 9.18 Å². The fourth-order valence-electron chi connectivity index (χ4n) is 2.34. The summed E-state index contributed by atoms with van der Waals surface area (Å²) in [5.74, 6) is -1.41. The minimum absolute atomic E-state index is 0.0641. The maximum atomic E-state index is 13.7. The van der Waals surface area contributed by atoms with Crippen molar-refractivity contribution < 1.29 is 18.7 Å². The molecule has 0 atom stereocenters. The molecule has 0 aliphatic carbocycles. The van der Waals surface area contributed by atoms with Gasteiger partial charge in [-0.05, 0) is 31.0 Å². The first-order chi connectivity index (χ1) is 10.4. The van der Waals surface area contributed by atoms with Crippen molar-refractivity contribution in [3.05, 3.63) is 28.5 Å². The Hall–Kier alpha value is -1.63. The number of ether oxygens (including phenoxy) is 1. The summed E-state index contributed by atoms with van der Waals surface area (Å²) in [6.07, 6.45) is 1.05. The van der Waals surface area contributed by atoms with Gasteiger partial charge >= 0.3 is 12.0 Å². The quantitative estimate of drug-likeness (QED) is 0.592. The number of amides is 2. The predicted octanol–water partition coefficient (Wildman–Crippen LogP) is 2.89. The van der Waals surface area contributed by atoms with E-state index in [1.54, 1.807) is 25.1 Å². The van der Waals surface area contributed by atoms with E-state index in [4.69, 9.17) is 4.74 Å². The number of carbonyl (C=O) groups excluding carboxylic acids is 2. The highest BCUT2D eigenvalue weighted by atomic mass is 79.9. The smallest absolute Gasteiger partial charge is 0.319 e. The van der Waals surface area contributed by atoms with Crippen molar-refractivity contribution in [1.29, 1.82) is 0 Å². The van der Waals surface area contributed by atoms with Gasteiger partial charge in [0.15, 0.2) is 11.6 Å². The molecule has 1 fully saturated rings. The molecule has 120 valence electrons. The SMILES string of the molecule is CN(C)C(=O)N1CCC(C(=O)Oc2ccc(Br)cc2F)CC1. The Labute approximate surface area is 137 Å². The number of likely N-dealkylation sites (tertiary alicyclic amines) is 1. The number of piperidine rings is 1. The van der Waals surface area contributed by atoms with Crippen LogP contribution < -0.4 is 4.74 Å². The van der Waals surface area contributed by atoms with E-state index in [2.05, 4.69) is 15.9 Å². The molecule has 0 N–H and O–H groups in total. The Morgan fingerprint density at radius 2 is 1.95 bits per heavy atom. The standard InChI is InChI=1S/C15H18BrFN2O3/c1-18(2)15(21)19-7-5-10(6-8-19)14(20)22-13-4-3-11(16)9-12(13)17/h3-4,9-10H,5-8H2,1-2H3. The highest BCUT2D eigenvalue weighted by Gasteiger charge is 2.29. The minimum Gasteiger partial charge on any atom is -0.423 e. The van der Waals surface area contributed by atoms with Crippen LogP contribution in [0.15, 0.2) is 22.7 Å². The van der Waals surface area contributed by atoms with Gasteiger partial charge in [-0.1, -0.05) is 15.9 Å². The summed E-state index contributed by atoms with van der Waals surface area (Å²) in [6.45, 7) is 0.999. The largest absolute Gasteiger partial charge is 0.423 e. The van der Waals surface area contributed by atoms with Crippen molar-refractivity contribution in [3.8, 4) is 5.75 Å². The van der Waals surface area contributed by atoms with Gasteiger partial charge in [0.1, 0.15) is 0 Å². The monoisotopic (exact) mass is 372 g/mol. The molecule has 1 aromatic carbocycles. The maximum absolute atomic E-state index is 13.7. The maximum Gasteiger partial charge on any atom is 0.319 e. The van der Waals surface area contributed by atoms with Gasteiger partial charge in [-0.2, -0.15) is 0 Å². The lowest BCUT2D eigenvalue weighted by atomic mass is 9.97. The lowest BCUT2D eigenvalue weighted by molar-refractivity contribution is -0.140. The molecule has 1 aromatic rings. The van der Waals surface area contributed by atoms with Crippen LogP contribution in [-0.4, -0.2) is 49.0 Å². The number of urea groups is 1. The highest BCUT2D eigenvalue weighted by molar-refractivity contribution is 9.10. The van der Waals surface area contributed by atoms with E-state index in [-0.39, 0.29) is 17.7 Å². The molecule has 22 heavy (non-hydrogen) atoms. The normalized spacial score (nSPS) is 15.5. The van der Waals surface area contributed by atoms with E-state index in [9.17, 15) is 14.0 Å². The van der Waals surface area contributed by atoms with Crippen molar-refractivity contribution in [3.63, 3.8) is 0 Å². The van der Waals surface area contributed by atoms with Crippen LogP contribution in [0.25, 0.3) is 0 Å². The molecule has 2 amide bonds. The summed E-state index contributed by atoms with van der Waals surface area (Å²) in [7, 11) is 3.39. The molecule has 1 aliphatic rings. The summed E-state index contributed by atoms with van der Waals surface area (Å²) in [5.41, 5.74) is 0. The summed E-state index contributed by atoms with van der Waals surface area (Å²) in [4.78, 5) is 27.1. The van der Waals surface area contributed by atoms with Crippen molar-refractivity contribution in [1.82, 2.24) is 9.80 Å². The summed E-state index contributed by atoms with van der Waals surface area (Å²) in [6, 6.07) is 4.22. The van der Waals surface area contributed by atoms with Gasteiger partial charge in [0, 0.05) is 31.7 Å².